The number of ether oxygens (including phenoxy) is 1. The van der Waals surface area contributed by atoms with E-state index < -0.39 is 0 Å². The number of nitrogens with one attached hydrogen (secondary N) is 1. The molecule has 18 heavy (non-hydrogen) atoms. The van der Waals surface area contributed by atoms with Crippen molar-refractivity contribution in [1.82, 2.24) is 10.2 Å². The summed E-state index contributed by atoms with van der Waals surface area (Å²) in [5, 5.41) is 2.89. The molecule has 3 N–H and O–H groups in total. The van der Waals surface area contributed by atoms with Gasteiger partial charge in [0.05, 0.1) is 12.0 Å². The number of carbonyl (C=O) groups excluding carboxylic acids is 1. The van der Waals surface area contributed by atoms with Gasteiger partial charge in [0.15, 0.2) is 0 Å². The van der Waals surface area contributed by atoms with E-state index in [4.69, 9.17) is 10.5 Å². The van der Waals surface area contributed by atoms with Gasteiger partial charge >= 0.3 is 0 Å². The summed E-state index contributed by atoms with van der Waals surface area (Å²) in [4.78, 5) is 14.3. The van der Waals surface area contributed by atoms with Gasteiger partial charge in [-0.3, -0.25) is 9.69 Å². The van der Waals surface area contributed by atoms with Crippen molar-refractivity contribution in [3.05, 3.63) is 0 Å². The average Bonchev–Trinajstić information content (AvgIpc) is 2.89. The Morgan fingerprint density at radius 1 is 1.39 bits per heavy atom. The summed E-state index contributed by atoms with van der Waals surface area (Å²) in [7, 11) is 0. The lowest BCUT2D eigenvalue weighted by Gasteiger charge is -2.33. The Morgan fingerprint density at radius 3 is 3.00 bits per heavy atom. The van der Waals surface area contributed by atoms with Crippen molar-refractivity contribution in [2.24, 2.45) is 11.7 Å². The molecule has 2 aliphatic heterocycles. The van der Waals surface area contributed by atoms with Crippen LogP contribution in [0.4, 0.5) is 0 Å². The lowest BCUT2D eigenvalue weighted by molar-refractivity contribution is -0.126. The number of hydrogen-bond acceptors (Lipinski definition) is 4. The molecule has 0 aliphatic carbocycles. The molecule has 2 rings (SSSR count). The minimum Gasteiger partial charge on any atom is -0.377 e. The molecule has 1 amide bonds. The first-order valence-corrected chi connectivity index (χ1v) is 7.11. The maximum Gasteiger partial charge on any atom is 0.224 e. The summed E-state index contributed by atoms with van der Waals surface area (Å²) < 4.78 is 5.66. The third kappa shape index (κ3) is 3.93. The summed E-state index contributed by atoms with van der Waals surface area (Å²) in [5.74, 6) is 0.296. The van der Waals surface area contributed by atoms with E-state index in [1.807, 2.05) is 0 Å². The quantitative estimate of drug-likeness (QED) is 0.723. The second kappa shape index (κ2) is 7.07. The third-order valence-electron chi connectivity index (χ3n) is 3.81. The van der Waals surface area contributed by atoms with E-state index in [9.17, 15) is 4.79 Å². The molecule has 2 saturated heterocycles. The van der Waals surface area contributed by atoms with Crippen LogP contribution in [0.25, 0.3) is 0 Å². The maximum absolute atomic E-state index is 11.9. The van der Waals surface area contributed by atoms with E-state index in [0.29, 0.717) is 19.2 Å². The monoisotopic (exact) mass is 255 g/mol. The van der Waals surface area contributed by atoms with Gasteiger partial charge in [-0.1, -0.05) is 0 Å². The predicted molar refractivity (Wildman–Crippen MR) is 70.2 cm³/mol. The SMILES string of the molecule is NCCNC(=O)C1CCCN(CC2CCCO2)C1. The minimum absolute atomic E-state index is 0.131. The predicted octanol–water partition coefficient (Wildman–Crippen LogP) is -0.0477. The third-order valence-corrected chi connectivity index (χ3v) is 3.81. The van der Waals surface area contributed by atoms with Gasteiger partial charge in [0.2, 0.25) is 5.91 Å². The fourth-order valence-corrected chi connectivity index (χ4v) is 2.85. The zero-order valence-corrected chi connectivity index (χ0v) is 11.1. The zero-order valence-electron chi connectivity index (χ0n) is 11.1. The molecule has 104 valence electrons. The van der Waals surface area contributed by atoms with Gasteiger partial charge in [0.25, 0.3) is 0 Å². The second-order valence-corrected chi connectivity index (χ2v) is 5.31. The van der Waals surface area contributed by atoms with Gasteiger partial charge in [-0.2, -0.15) is 0 Å². The van der Waals surface area contributed by atoms with Crippen LogP contribution >= 0.6 is 0 Å². The first-order valence-electron chi connectivity index (χ1n) is 7.11. The van der Waals surface area contributed by atoms with E-state index >= 15 is 0 Å². The molecule has 0 aromatic rings. The average molecular weight is 255 g/mol. The molecule has 0 bridgehead atoms. The van der Waals surface area contributed by atoms with Crippen LogP contribution in [0.3, 0.4) is 0 Å². The van der Waals surface area contributed by atoms with Crippen LogP contribution in [0.5, 0.6) is 0 Å². The van der Waals surface area contributed by atoms with Crippen LogP contribution in [-0.2, 0) is 9.53 Å². The number of hydrogen-bond donors (Lipinski definition) is 2. The summed E-state index contributed by atoms with van der Waals surface area (Å²) >= 11 is 0. The van der Waals surface area contributed by atoms with Crippen LogP contribution in [-0.4, -0.2) is 56.2 Å². The second-order valence-electron chi connectivity index (χ2n) is 5.31. The summed E-state index contributed by atoms with van der Waals surface area (Å²) in [6.45, 7) is 4.95. The van der Waals surface area contributed by atoms with Gasteiger partial charge in [-0.15, -0.1) is 0 Å². The number of rotatable bonds is 5. The summed E-state index contributed by atoms with van der Waals surface area (Å²) in [6, 6.07) is 0. The number of piperidine rings is 1. The van der Waals surface area contributed by atoms with Gasteiger partial charge in [0.1, 0.15) is 0 Å². The fourth-order valence-electron chi connectivity index (χ4n) is 2.85. The van der Waals surface area contributed by atoms with Crippen LogP contribution < -0.4 is 11.1 Å². The molecule has 0 aromatic heterocycles. The van der Waals surface area contributed by atoms with Crippen LogP contribution in [0, 0.1) is 5.92 Å². The van der Waals surface area contributed by atoms with E-state index in [2.05, 4.69) is 10.2 Å². The molecule has 2 fully saturated rings. The fraction of sp³-hybridized carbons (Fsp3) is 0.923. The molecule has 5 nitrogen and oxygen atoms in total. The van der Waals surface area contributed by atoms with Crippen molar-refractivity contribution < 1.29 is 9.53 Å². The Morgan fingerprint density at radius 2 is 2.28 bits per heavy atom. The zero-order chi connectivity index (χ0) is 12.8. The molecule has 0 aromatic carbocycles. The molecule has 2 heterocycles. The van der Waals surface area contributed by atoms with Crippen molar-refractivity contribution in [3.63, 3.8) is 0 Å². The van der Waals surface area contributed by atoms with Crippen LogP contribution in [0.1, 0.15) is 25.7 Å². The Labute approximate surface area is 109 Å². The first-order chi connectivity index (χ1) is 8.79. The Kier molecular flexibility index (Phi) is 5.41. The van der Waals surface area contributed by atoms with E-state index in [-0.39, 0.29) is 11.8 Å². The molecule has 2 atom stereocenters. The van der Waals surface area contributed by atoms with E-state index in [1.54, 1.807) is 0 Å². The number of likely N-dealkylation sites (tertiary alicyclic amines) is 1. The Hall–Kier alpha value is -0.650. The van der Waals surface area contributed by atoms with Crippen LogP contribution in [0.15, 0.2) is 0 Å². The molecule has 0 spiro atoms. The number of nitrogens with two attached hydrogens (primary N) is 1. The maximum atomic E-state index is 11.9. The molecule has 2 unspecified atom stereocenters. The lowest BCUT2D eigenvalue weighted by atomic mass is 9.96. The van der Waals surface area contributed by atoms with Gasteiger partial charge in [-0.25, -0.2) is 0 Å². The highest BCUT2D eigenvalue weighted by Crippen LogP contribution is 2.20. The topological polar surface area (TPSA) is 67.6 Å². The largest absolute Gasteiger partial charge is 0.377 e. The molecule has 5 heteroatoms. The highest BCUT2D eigenvalue weighted by atomic mass is 16.5. The number of nitrogens with zero attached hydrogens (tertiary/aromatic N) is 1. The molecule has 2 aliphatic rings. The summed E-state index contributed by atoms with van der Waals surface area (Å²) in [5.41, 5.74) is 5.40. The number of carbonyl (C=O) groups is 1. The highest BCUT2D eigenvalue weighted by Gasteiger charge is 2.27. The Balaban J connectivity index is 1.74. The first kappa shape index (κ1) is 13.8. The highest BCUT2D eigenvalue weighted by molar-refractivity contribution is 5.78. The smallest absolute Gasteiger partial charge is 0.224 e. The van der Waals surface area contributed by atoms with Crippen molar-refractivity contribution in [3.8, 4) is 0 Å². The Bertz CT molecular complexity index is 267. The van der Waals surface area contributed by atoms with Crippen molar-refractivity contribution >= 4 is 5.91 Å². The van der Waals surface area contributed by atoms with Gasteiger partial charge in [0, 0.05) is 32.8 Å². The van der Waals surface area contributed by atoms with Crippen molar-refractivity contribution in [2.45, 2.75) is 31.8 Å². The molecule has 0 radical (unpaired) electrons. The molecule has 0 saturated carbocycles. The van der Waals surface area contributed by atoms with Gasteiger partial charge < -0.3 is 15.8 Å². The summed E-state index contributed by atoms with van der Waals surface area (Å²) in [6.07, 6.45) is 4.83. The minimum atomic E-state index is 0.131. The number of amides is 1. The molecular formula is C13H25N3O2. The van der Waals surface area contributed by atoms with Gasteiger partial charge in [-0.05, 0) is 32.2 Å². The lowest BCUT2D eigenvalue weighted by Crippen LogP contribution is -2.46. The van der Waals surface area contributed by atoms with Crippen LogP contribution in [0.2, 0.25) is 0 Å². The van der Waals surface area contributed by atoms with Crippen molar-refractivity contribution in [1.29, 1.82) is 0 Å². The molecular weight excluding hydrogens is 230 g/mol. The van der Waals surface area contributed by atoms with Crippen molar-refractivity contribution in [2.75, 3.05) is 39.3 Å². The normalized spacial score (nSPS) is 29.4. The van der Waals surface area contributed by atoms with E-state index in [1.165, 1.54) is 12.8 Å². The van der Waals surface area contributed by atoms with E-state index in [0.717, 1.165) is 39.1 Å². The standard InChI is InChI=1S/C13H25N3O2/c14-5-6-15-13(17)11-3-1-7-16(9-11)10-12-4-2-8-18-12/h11-12H,1-10,14H2,(H,15,17).